The van der Waals surface area contributed by atoms with Crippen LogP contribution in [0.5, 0.6) is 0 Å². The van der Waals surface area contributed by atoms with Gasteiger partial charge in [0.25, 0.3) is 5.91 Å². The molecule has 0 aliphatic heterocycles. The number of hydrogen-bond acceptors (Lipinski definition) is 3. The van der Waals surface area contributed by atoms with Gasteiger partial charge in [-0.15, -0.1) is 0 Å². The van der Waals surface area contributed by atoms with Gasteiger partial charge >= 0.3 is 12.0 Å². The SMILES string of the molecule is C[C@@](NC(=O)c1ccc(Cl)cc1NC(=O)Nc1c(Cl)cccc1Cl)(C(=O)O)C1CCCCC1. The number of aliphatic carboxylic acids is 1. The molecule has 3 rings (SSSR count). The molecule has 3 amide bonds. The van der Waals surface area contributed by atoms with Gasteiger partial charge in [-0.3, -0.25) is 4.79 Å². The molecule has 0 aromatic heterocycles. The van der Waals surface area contributed by atoms with Gasteiger partial charge in [-0.25, -0.2) is 9.59 Å². The number of nitrogens with one attached hydrogen (secondary N) is 3. The van der Waals surface area contributed by atoms with E-state index in [9.17, 15) is 19.5 Å². The molecule has 1 saturated carbocycles. The first-order valence-electron chi connectivity index (χ1n) is 10.5. The van der Waals surface area contributed by atoms with Crippen LogP contribution >= 0.6 is 34.8 Å². The molecule has 1 atom stereocenters. The largest absolute Gasteiger partial charge is 0.480 e. The van der Waals surface area contributed by atoms with Crippen molar-refractivity contribution in [1.82, 2.24) is 5.32 Å². The zero-order valence-electron chi connectivity index (χ0n) is 17.9. The first-order chi connectivity index (χ1) is 15.6. The van der Waals surface area contributed by atoms with Gasteiger partial charge < -0.3 is 21.1 Å². The highest BCUT2D eigenvalue weighted by molar-refractivity contribution is 6.40. The fourth-order valence-electron chi connectivity index (χ4n) is 4.02. The fraction of sp³-hybridized carbons (Fsp3) is 0.348. The number of hydrogen-bond donors (Lipinski definition) is 4. The predicted octanol–water partition coefficient (Wildman–Crippen LogP) is 6.44. The number of amides is 3. The molecule has 0 spiro atoms. The van der Waals surface area contributed by atoms with Gasteiger partial charge in [0.1, 0.15) is 5.54 Å². The highest BCUT2D eigenvalue weighted by Crippen LogP contribution is 2.34. The number of para-hydroxylation sites is 1. The lowest BCUT2D eigenvalue weighted by atomic mass is 9.75. The maximum absolute atomic E-state index is 13.2. The van der Waals surface area contributed by atoms with Crippen molar-refractivity contribution < 1.29 is 19.5 Å². The Labute approximate surface area is 206 Å². The minimum Gasteiger partial charge on any atom is -0.480 e. The molecule has 0 unspecified atom stereocenters. The van der Waals surface area contributed by atoms with Crippen LogP contribution in [0, 0.1) is 5.92 Å². The summed E-state index contributed by atoms with van der Waals surface area (Å²) in [6.45, 7) is 1.53. The van der Waals surface area contributed by atoms with Crippen molar-refractivity contribution in [2.75, 3.05) is 10.6 Å². The van der Waals surface area contributed by atoms with E-state index in [4.69, 9.17) is 34.8 Å². The summed E-state index contributed by atoms with van der Waals surface area (Å²) >= 11 is 18.3. The average molecular weight is 513 g/mol. The van der Waals surface area contributed by atoms with Crippen LogP contribution in [0.2, 0.25) is 15.1 Å². The minimum absolute atomic E-state index is 0.0723. The average Bonchev–Trinajstić information content (AvgIpc) is 2.76. The minimum atomic E-state index is -1.44. The Morgan fingerprint density at radius 3 is 2.21 bits per heavy atom. The number of carbonyl (C=O) groups is 3. The number of carboxylic acid groups (broad SMARTS) is 1. The molecule has 1 fully saturated rings. The summed E-state index contributed by atoms with van der Waals surface area (Å²) in [5.74, 6) is -1.92. The van der Waals surface area contributed by atoms with Crippen LogP contribution in [0.1, 0.15) is 49.4 Å². The number of benzene rings is 2. The molecule has 0 saturated heterocycles. The lowest BCUT2D eigenvalue weighted by Crippen LogP contribution is -2.57. The van der Waals surface area contributed by atoms with E-state index < -0.39 is 23.4 Å². The Bertz CT molecular complexity index is 1050. The monoisotopic (exact) mass is 511 g/mol. The Morgan fingerprint density at radius 1 is 0.970 bits per heavy atom. The summed E-state index contributed by atoms with van der Waals surface area (Å²) < 4.78 is 0. The molecule has 10 heteroatoms. The molecule has 4 N–H and O–H groups in total. The van der Waals surface area contributed by atoms with Crippen LogP contribution in [-0.2, 0) is 4.79 Å². The molecule has 2 aromatic rings. The Hall–Kier alpha value is -2.48. The van der Waals surface area contributed by atoms with Crippen LogP contribution in [0.25, 0.3) is 0 Å². The zero-order chi connectivity index (χ0) is 24.2. The van der Waals surface area contributed by atoms with E-state index in [2.05, 4.69) is 16.0 Å². The van der Waals surface area contributed by atoms with Crippen molar-refractivity contribution in [3.05, 3.63) is 57.0 Å². The van der Waals surface area contributed by atoms with E-state index in [1.807, 2.05) is 0 Å². The second-order valence-electron chi connectivity index (χ2n) is 8.16. The van der Waals surface area contributed by atoms with E-state index in [0.717, 1.165) is 32.1 Å². The van der Waals surface area contributed by atoms with E-state index in [0.29, 0.717) is 0 Å². The van der Waals surface area contributed by atoms with Crippen LogP contribution in [-0.4, -0.2) is 28.6 Å². The molecular formula is C23H24Cl3N3O4. The highest BCUT2D eigenvalue weighted by atomic mass is 35.5. The summed E-state index contributed by atoms with van der Waals surface area (Å²) in [5, 5.41) is 18.5. The third-order valence-electron chi connectivity index (χ3n) is 5.91. The molecule has 0 bridgehead atoms. The van der Waals surface area contributed by atoms with Crippen molar-refractivity contribution in [1.29, 1.82) is 0 Å². The van der Waals surface area contributed by atoms with Crippen molar-refractivity contribution in [3.63, 3.8) is 0 Å². The van der Waals surface area contributed by atoms with E-state index in [-0.39, 0.29) is 37.9 Å². The first kappa shape index (κ1) is 25.1. The Kier molecular flexibility index (Phi) is 8.10. The van der Waals surface area contributed by atoms with E-state index in [1.54, 1.807) is 18.2 Å². The van der Waals surface area contributed by atoms with Crippen LogP contribution in [0.3, 0.4) is 0 Å². The predicted molar refractivity (Wildman–Crippen MR) is 131 cm³/mol. The molecular weight excluding hydrogens is 489 g/mol. The molecule has 1 aliphatic carbocycles. The molecule has 0 heterocycles. The standard InChI is InChI=1S/C23H24Cl3N3O4/c1-23(21(31)32,13-6-3-2-4-7-13)29-20(30)15-11-10-14(24)12-18(15)27-22(33)28-19-16(25)8-5-9-17(19)26/h5,8-13H,2-4,6-7H2,1H3,(H,29,30)(H,31,32)(H2,27,28,33)/t23-/m0/s1. The maximum atomic E-state index is 13.2. The van der Waals surface area contributed by atoms with Crippen LogP contribution in [0.15, 0.2) is 36.4 Å². The normalized spacial score (nSPS) is 15.9. The molecule has 33 heavy (non-hydrogen) atoms. The van der Waals surface area contributed by atoms with Gasteiger partial charge in [0.05, 0.1) is 27.0 Å². The molecule has 7 nitrogen and oxygen atoms in total. The summed E-state index contributed by atoms with van der Waals surface area (Å²) in [4.78, 5) is 37.9. The molecule has 1 aliphatic rings. The van der Waals surface area contributed by atoms with Crippen LogP contribution in [0.4, 0.5) is 16.2 Å². The summed E-state index contributed by atoms with van der Waals surface area (Å²) in [6.07, 6.45) is 4.32. The van der Waals surface area contributed by atoms with Gasteiger partial charge in [-0.1, -0.05) is 60.1 Å². The van der Waals surface area contributed by atoms with Gasteiger partial charge in [-0.2, -0.15) is 0 Å². The molecule has 2 aromatic carbocycles. The third kappa shape index (κ3) is 5.91. The smallest absolute Gasteiger partial charge is 0.329 e. The quantitative estimate of drug-likeness (QED) is 0.357. The van der Waals surface area contributed by atoms with Gasteiger partial charge in [-0.05, 0) is 56.0 Å². The second-order valence-corrected chi connectivity index (χ2v) is 9.41. The van der Waals surface area contributed by atoms with Crippen molar-refractivity contribution in [3.8, 4) is 0 Å². The summed E-state index contributed by atoms with van der Waals surface area (Å²) in [7, 11) is 0. The van der Waals surface area contributed by atoms with Gasteiger partial charge in [0.15, 0.2) is 0 Å². The van der Waals surface area contributed by atoms with Crippen LogP contribution < -0.4 is 16.0 Å². The third-order valence-corrected chi connectivity index (χ3v) is 6.78. The number of rotatable bonds is 6. The summed E-state index contributed by atoms with van der Waals surface area (Å²) in [5.41, 5.74) is -1.05. The van der Waals surface area contributed by atoms with E-state index >= 15 is 0 Å². The maximum Gasteiger partial charge on any atom is 0.329 e. The number of carbonyl (C=O) groups excluding carboxylic acids is 2. The van der Waals surface area contributed by atoms with Crippen molar-refractivity contribution in [2.24, 2.45) is 5.92 Å². The first-order valence-corrected chi connectivity index (χ1v) is 11.6. The lowest BCUT2D eigenvalue weighted by molar-refractivity contribution is -0.146. The Balaban J connectivity index is 1.83. The number of carboxylic acids is 1. The highest BCUT2D eigenvalue weighted by Gasteiger charge is 2.43. The topological polar surface area (TPSA) is 108 Å². The number of anilines is 2. The second kappa shape index (κ2) is 10.6. The van der Waals surface area contributed by atoms with Crippen molar-refractivity contribution in [2.45, 2.75) is 44.6 Å². The zero-order valence-corrected chi connectivity index (χ0v) is 20.2. The molecule has 176 valence electrons. The number of halogens is 3. The fourth-order valence-corrected chi connectivity index (χ4v) is 4.68. The van der Waals surface area contributed by atoms with Crippen molar-refractivity contribution >= 4 is 64.1 Å². The Morgan fingerprint density at radius 2 is 1.61 bits per heavy atom. The molecule has 0 radical (unpaired) electrons. The lowest BCUT2D eigenvalue weighted by Gasteiger charge is -2.37. The van der Waals surface area contributed by atoms with E-state index in [1.165, 1.54) is 25.1 Å². The van der Waals surface area contributed by atoms with Gasteiger partial charge in [0.2, 0.25) is 0 Å². The van der Waals surface area contributed by atoms with Gasteiger partial charge in [0, 0.05) is 5.02 Å². The summed E-state index contributed by atoms with van der Waals surface area (Å²) in [6, 6.07) is 8.40. The number of urea groups is 1.